The first kappa shape index (κ1) is 22.7. The van der Waals surface area contributed by atoms with Gasteiger partial charge in [-0.15, -0.1) is 0 Å². The first-order valence-electron chi connectivity index (χ1n) is 11.1. The van der Waals surface area contributed by atoms with Gasteiger partial charge < -0.3 is 14.2 Å². The van der Waals surface area contributed by atoms with Crippen LogP contribution in [0.1, 0.15) is 27.3 Å². The van der Waals surface area contributed by atoms with Crippen LogP contribution in [0.2, 0.25) is 0 Å². The van der Waals surface area contributed by atoms with Gasteiger partial charge in [0.05, 0.1) is 6.54 Å². The summed E-state index contributed by atoms with van der Waals surface area (Å²) in [6, 6.07) is 17.7. The maximum atomic E-state index is 13.3. The van der Waals surface area contributed by atoms with Crippen molar-refractivity contribution in [3.05, 3.63) is 89.0 Å². The van der Waals surface area contributed by atoms with E-state index < -0.39 is 0 Å². The van der Waals surface area contributed by atoms with Gasteiger partial charge in [0.1, 0.15) is 12.4 Å². The van der Waals surface area contributed by atoms with E-state index in [1.807, 2.05) is 54.8 Å². The predicted molar refractivity (Wildman–Crippen MR) is 124 cm³/mol. The average molecular weight is 450 g/mol. The Kier molecular flexibility index (Phi) is 6.89. The zero-order chi connectivity index (χ0) is 23.4. The van der Waals surface area contributed by atoms with Gasteiger partial charge in [0.2, 0.25) is 0 Å². The van der Waals surface area contributed by atoms with Gasteiger partial charge in [0.15, 0.2) is 5.78 Å². The van der Waals surface area contributed by atoms with Crippen molar-refractivity contribution >= 4 is 11.9 Å². The monoisotopic (exact) mass is 449 g/mol. The van der Waals surface area contributed by atoms with Crippen LogP contribution in [-0.2, 0) is 11.3 Å². The Morgan fingerprint density at radius 1 is 0.939 bits per heavy atom. The second-order valence-electron chi connectivity index (χ2n) is 8.32. The zero-order valence-corrected chi connectivity index (χ0v) is 19.0. The Hall–Kier alpha value is -3.45. The summed E-state index contributed by atoms with van der Waals surface area (Å²) in [5.41, 5.74) is 4.21. The van der Waals surface area contributed by atoms with Crippen LogP contribution in [0, 0.1) is 19.7 Å². The van der Waals surface area contributed by atoms with Crippen molar-refractivity contribution in [2.24, 2.45) is 0 Å². The number of piperazine rings is 1. The second-order valence-corrected chi connectivity index (χ2v) is 8.32. The third kappa shape index (κ3) is 5.31. The van der Waals surface area contributed by atoms with Gasteiger partial charge in [-0.2, -0.15) is 0 Å². The molecule has 1 aliphatic rings. The number of aryl methyl sites for hydroxylation is 1. The van der Waals surface area contributed by atoms with Crippen molar-refractivity contribution < 1.29 is 18.7 Å². The van der Waals surface area contributed by atoms with E-state index in [9.17, 15) is 14.0 Å². The molecular weight excluding hydrogens is 421 g/mol. The lowest BCUT2D eigenvalue weighted by molar-refractivity contribution is 0.0678. The SMILES string of the molecule is Cc1cc(C(=O)CN2CCN(C(=O)OCc3ccccc3)CC2)c(C)n1-c1ccc(F)cc1. The fourth-order valence-corrected chi connectivity index (χ4v) is 4.22. The number of carbonyl (C=O) groups is 2. The van der Waals surface area contributed by atoms with Gasteiger partial charge in [0, 0.05) is 48.8 Å². The second kappa shape index (κ2) is 10.0. The lowest BCUT2D eigenvalue weighted by atomic mass is 10.1. The number of ether oxygens (including phenoxy) is 1. The molecule has 0 saturated carbocycles. The fourth-order valence-electron chi connectivity index (χ4n) is 4.22. The van der Waals surface area contributed by atoms with Gasteiger partial charge in [-0.1, -0.05) is 30.3 Å². The maximum Gasteiger partial charge on any atom is 0.410 e. The molecule has 33 heavy (non-hydrogen) atoms. The number of ketones is 1. The zero-order valence-electron chi connectivity index (χ0n) is 19.0. The van der Waals surface area contributed by atoms with Crippen molar-refractivity contribution in [3.63, 3.8) is 0 Å². The van der Waals surface area contributed by atoms with Crippen molar-refractivity contribution in [3.8, 4) is 5.69 Å². The van der Waals surface area contributed by atoms with Crippen LogP contribution in [0.25, 0.3) is 5.69 Å². The number of carbonyl (C=O) groups excluding carboxylic acids is 2. The van der Waals surface area contributed by atoms with Crippen molar-refractivity contribution in [1.29, 1.82) is 0 Å². The molecular formula is C26H28FN3O3. The van der Waals surface area contributed by atoms with Crippen LogP contribution in [0.5, 0.6) is 0 Å². The first-order valence-corrected chi connectivity index (χ1v) is 11.1. The van der Waals surface area contributed by atoms with Gasteiger partial charge in [0.25, 0.3) is 0 Å². The molecule has 1 saturated heterocycles. The fraction of sp³-hybridized carbons (Fsp3) is 0.308. The Bertz CT molecular complexity index is 1120. The highest BCUT2D eigenvalue weighted by molar-refractivity contribution is 5.99. The molecule has 0 aliphatic carbocycles. The van der Waals surface area contributed by atoms with E-state index in [0.717, 1.165) is 22.6 Å². The van der Waals surface area contributed by atoms with Gasteiger partial charge in [-0.3, -0.25) is 9.69 Å². The minimum atomic E-state index is -0.326. The first-order chi connectivity index (χ1) is 15.9. The molecule has 1 fully saturated rings. The number of nitrogens with zero attached hydrogens (tertiary/aromatic N) is 3. The van der Waals surface area contributed by atoms with E-state index in [1.165, 1.54) is 12.1 Å². The lowest BCUT2D eigenvalue weighted by Gasteiger charge is -2.33. The molecule has 0 spiro atoms. The molecule has 0 unspecified atom stereocenters. The third-order valence-corrected chi connectivity index (χ3v) is 6.02. The highest BCUT2D eigenvalue weighted by Gasteiger charge is 2.25. The molecule has 172 valence electrons. The molecule has 0 radical (unpaired) electrons. The summed E-state index contributed by atoms with van der Waals surface area (Å²) in [4.78, 5) is 29.1. The van der Waals surface area contributed by atoms with Crippen LogP contribution >= 0.6 is 0 Å². The molecule has 1 aliphatic heterocycles. The number of halogens is 1. The van der Waals surface area contributed by atoms with Gasteiger partial charge >= 0.3 is 6.09 Å². The molecule has 2 aromatic carbocycles. The quantitative estimate of drug-likeness (QED) is 0.525. The number of Topliss-reactive ketones (excluding diaryl/α,β-unsaturated/α-hetero) is 1. The smallest absolute Gasteiger partial charge is 0.410 e. The van der Waals surface area contributed by atoms with E-state index in [2.05, 4.69) is 4.90 Å². The molecule has 3 aromatic rings. The van der Waals surface area contributed by atoms with Crippen LogP contribution in [0.3, 0.4) is 0 Å². The van der Waals surface area contributed by atoms with Gasteiger partial charge in [-0.05, 0) is 49.7 Å². The lowest BCUT2D eigenvalue weighted by Crippen LogP contribution is -2.50. The highest BCUT2D eigenvalue weighted by atomic mass is 19.1. The standard InChI is InChI=1S/C26H28FN3O3/c1-19-16-24(20(2)30(19)23-10-8-22(27)9-11-23)25(31)17-28-12-14-29(15-13-28)26(32)33-18-21-6-4-3-5-7-21/h3-11,16H,12-15,17-18H2,1-2H3. The topological polar surface area (TPSA) is 54.8 Å². The van der Waals surface area contributed by atoms with Gasteiger partial charge in [-0.25, -0.2) is 9.18 Å². The molecule has 0 N–H and O–H groups in total. The number of hydrogen-bond acceptors (Lipinski definition) is 4. The molecule has 2 heterocycles. The van der Waals surface area contributed by atoms with Crippen molar-refractivity contribution in [2.45, 2.75) is 20.5 Å². The van der Waals surface area contributed by atoms with Crippen LogP contribution < -0.4 is 0 Å². The van der Waals surface area contributed by atoms with E-state index in [1.54, 1.807) is 17.0 Å². The summed E-state index contributed by atoms with van der Waals surface area (Å²) in [6.07, 6.45) is -0.326. The minimum absolute atomic E-state index is 0.0385. The minimum Gasteiger partial charge on any atom is -0.445 e. The molecule has 0 atom stereocenters. The molecule has 0 bridgehead atoms. The van der Waals surface area contributed by atoms with Crippen LogP contribution in [-0.4, -0.2) is 59.0 Å². The summed E-state index contributed by atoms with van der Waals surface area (Å²) < 4.78 is 20.7. The summed E-state index contributed by atoms with van der Waals surface area (Å²) in [5, 5.41) is 0. The normalized spacial score (nSPS) is 14.3. The van der Waals surface area contributed by atoms with Crippen LogP contribution in [0.4, 0.5) is 9.18 Å². The Morgan fingerprint density at radius 3 is 2.27 bits per heavy atom. The number of rotatable bonds is 6. The number of amides is 1. The summed E-state index contributed by atoms with van der Waals surface area (Å²) in [7, 11) is 0. The van der Waals surface area contributed by atoms with E-state index in [4.69, 9.17) is 4.74 Å². The predicted octanol–water partition coefficient (Wildman–Crippen LogP) is 4.37. The van der Waals surface area contributed by atoms with E-state index >= 15 is 0 Å². The Balaban J connectivity index is 1.32. The Morgan fingerprint density at radius 2 is 1.61 bits per heavy atom. The maximum absolute atomic E-state index is 13.3. The summed E-state index contributed by atoms with van der Waals surface area (Å²) in [5.74, 6) is -0.253. The third-order valence-electron chi connectivity index (χ3n) is 6.02. The molecule has 4 rings (SSSR count). The molecule has 1 aromatic heterocycles. The molecule has 6 nitrogen and oxygen atoms in total. The number of hydrogen-bond donors (Lipinski definition) is 0. The summed E-state index contributed by atoms with van der Waals surface area (Å²) in [6.45, 7) is 6.66. The summed E-state index contributed by atoms with van der Waals surface area (Å²) >= 11 is 0. The van der Waals surface area contributed by atoms with E-state index in [-0.39, 0.29) is 24.3 Å². The Labute approximate surface area is 193 Å². The largest absolute Gasteiger partial charge is 0.445 e. The molecule has 7 heteroatoms. The molecule has 1 amide bonds. The van der Waals surface area contributed by atoms with Crippen molar-refractivity contribution in [2.75, 3.05) is 32.7 Å². The van der Waals surface area contributed by atoms with Crippen molar-refractivity contribution in [1.82, 2.24) is 14.4 Å². The van der Waals surface area contributed by atoms with E-state index in [0.29, 0.717) is 38.3 Å². The number of benzene rings is 2. The number of aromatic nitrogens is 1. The highest BCUT2D eigenvalue weighted by Crippen LogP contribution is 2.22. The average Bonchev–Trinajstić information content (AvgIpc) is 3.13. The van der Waals surface area contributed by atoms with Crippen LogP contribution in [0.15, 0.2) is 60.7 Å².